The van der Waals surface area contributed by atoms with Crippen LogP contribution in [0.25, 0.3) is 17.4 Å². The number of rotatable bonds is 4. The van der Waals surface area contributed by atoms with Gasteiger partial charge in [-0.1, -0.05) is 18.2 Å². The van der Waals surface area contributed by atoms with Crippen LogP contribution in [0.4, 0.5) is 10.5 Å². The molecular weight excluding hydrogens is 432 g/mol. The number of nitrogens with one attached hydrogen (secondary N) is 1. The maximum absolute atomic E-state index is 13.1. The van der Waals surface area contributed by atoms with Crippen LogP contribution in [-0.4, -0.2) is 35.7 Å². The molecule has 2 aromatic carbocycles. The summed E-state index contributed by atoms with van der Waals surface area (Å²) >= 11 is 0. The van der Waals surface area contributed by atoms with Crippen LogP contribution in [0.3, 0.4) is 0 Å². The van der Waals surface area contributed by atoms with E-state index in [4.69, 9.17) is 13.9 Å². The van der Waals surface area contributed by atoms with Crippen molar-refractivity contribution in [3.8, 4) is 22.8 Å². The lowest BCUT2D eigenvalue weighted by atomic mass is 10.1. The summed E-state index contributed by atoms with van der Waals surface area (Å²) in [5.41, 5.74) is 0.235. The van der Waals surface area contributed by atoms with Crippen molar-refractivity contribution < 1.29 is 38.2 Å². The number of carboxylic acid groups (broad SMARTS) is 1. The summed E-state index contributed by atoms with van der Waals surface area (Å²) in [5.74, 6) is -1.65. The number of ether oxygens (including phenoxy) is 2. The predicted octanol–water partition coefficient (Wildman–Crippen LogP) is 3.04. The lowest BCUT2D eigenvalue weighted by Gasteiger charge is -2.26. The summed E-state index contributed by atoms with van der Waals surface area (Å²) in [6.07, 6.45) is 1.19. The molecule has 0 radical (unpaired) electrons. The molecule has 2 N–H and O–H groups in total. The second-order valence-corrected chi connectivity index (χ2v) is 7.05. The number of hydrogen-bond acceptors (Lipinski definition) is 7. The number of carboxylic acids is 1. The maximum Gasteiger partial charge on any atom is 0.336 e. The first kappa shape index (κ1) is 20.1. The molecule has 10 heteroatoms. The molecule has 5 rings (SSSR count). The van der Waals surface area contributed by atoms with Crippen LogP contribution in [0.1, 0.15) is 16.1 Å². The molecule has 4 amide bonds. The zero-order valence-electron chi connectivity index (χ0n) is 16.7. The highest BCUT2D eigenvalue weighted by atomic mass is 16.7. The number of furan rings is 1. The van der Waals surface area contributed by atoms with Gasteiger partial charge in [0.2, 0.25) is 6.79 Å². The molecule has 1 fully saturated rings. The van der Waals surface area contributed by atoms with Crippen molar-refractivity contribution in [2.45, 2.75) is 0 Å². The molecule has 1 aromatic heterocycles. The fourth-order valence-electron chi connectivity index (χ4n) is 3.52. The Bertz CT molecular complexity index is 1370. The molecule has 0 saturated carbocycles. The molecule has 0 unspecified atom stereocenters. The lowest BCUT2D eigenvalue weighted by molar-refractivity contribution is -0.122. The zero-order chi connectivity index (χ0) is 23.1. The highest BCUT2D eigenvalue weighted by Gasteiger charge is 2.37. The summed E-state index contributed by atoms with van der Waals surface area (Å²) in [6, 6.07) is 12.9. The molecule has 164 valence electrons. The fraction of sp³-hybridized carbons (Fsp3) is 0.0435. The van der Waals surface area contributed by atoms with Crippen LogP contribution >= 0.6 is 0 Å². The van der Waals surface area contributed by atoms with Crippen molar-refractivity contribution in [3.63, 3.8) is 0 Å². The van der Waals surface area contributed by atoms with Crippen molar-refractivity contribution in [2.24, 2.45) is 0 Å². The van der Waals surface area contributed by atoms with Crippen molar-refractivity contribution in [2.75, 3.05) is 11.7 Å². The average Bonchev–Trinajstić information content (AvgIpc) is 3.45. The van der Waals surface area contributed by atoms with E-state index in [2.05, 4.69) is 5.32 Å². The van der Waals surface area contributed by atoms with Gasteiger partial charge in [-0.2, -0.15) is 0 Å². The van der Waals surface area contributed by atoms with E-state index in [1.807, 2.05) is 0 Å². The van der Waals surface area contributed by atoms with Crippen LogP contribution in [0.15, 0.2) is 64.6 Å². The first-order valence-electron chi connectivity index (χ1n) is 9.66. The van der Waals surface area contributed by atoms with Gasteiger partial charge in [0.25, 0.3) is 11.8 Å². The minimum absolute atomic E-state index is 0.0222. The highest BCUT2D eigenvalue weighted by molar-refractivity contribution is 6.39. The number of urea groups is 1. The number of imide groups is 2. The number of carbonyl (C=O) groups is 4. The van der Waals surface area contributed by atoms with E-state index >= 15 is 0 Å². The van der Waals surface area contributed by atoms with Crippen LogP contribution in [0.5, 0.6) is 11.5 Å². The topological polar surface area (TPSA) is 135 Å². The van der Waals surface area contributed by atoms with Crippen molar-refractivity contribution >= 4 is 35.6 Å². The monoisotopic (exact) mass is 446 g/mol. The number of fused-ring (bicyclic) bond motifs is 1. The Morgan fingerprint density at radius 3 is 2.61 bits per heavy atom. The van der Waals surface area contributed by atoms with E-state index in [-0.39, 0.29) is 35.1 Å². The van der Waals surface area contributed by atoms with Crippen LogP contribution < -0.4 is 19.7 Å². The standard InChI is InChI=1S/C23H14N2O8/c26-20-16(10-13-6-8-17(33-13)14-3-1-2-4-15(14)22(28)29)21(27)25(23(30)24-20)12-5-7-18-19(9-12)32-11-31-18/h1-10H,11H2,(H,28,29)(H,24,26,30). The van der Waals surface area contributed by atoms with Gasteiger partial charge in [0.1, 0.15) is 17.1 Å². The van der Waals surface area contributed by atoms with Gasteiger partial charge in [-0.15, -0.1) is 0 Å². The van der Waals surface area contributed by atoms with E-state index in [1.54, 1.807) is 24.3 Å². The Hall–Kier alpha value is -4.86. The maximum atomic E-state index is 13.1. The second-order valence-electron chi connectivity index (χ2n) is 7.05. The summed E-state index contributed by atoms with van der Waals surface area (Å²) in [7, 11) is 0. The lowest BCUT2D eigenvalue weighted by Crippen LogP contribution is -2.54. The molecule has 33 heavy (non-hydrogen) atoms. The SMILES string of the molecule is O=C1NC(=O)N(c2ccc3c(c2)OCO3)C(=O)C1=Cc1ccc(-c2ccccc2C(=O)O)o1. The van der Waals surface area contributed by atoms with E-state index in [1.165, 1.54) is 36.4 Å². The number of anilines is 1. The van der Waals surface area contributed by atoms with Gasteiger partial charge in [0.05, 0.1) is 11.3 Å². The van der Waals surface area contributed by atoms with Gasteiger partial charge in [-0.3, -0.25) is 14.9 Å². The number of barbiturate groups is 1. The minimum atomic E-state index is -1.12. The molecule has 2 aliphatic heterocycles. The molecule has 0 spiro atoms. The largest absolute Gasteiger partial charge is 0.478 e. The van der Waals surface area contributed by atoms with Gasteiger partial charge in [-0.25, -0.2) is 14.5 Å². The third-order valence-electron chi connectivity index (χ3n) is 5.05. The van der Waals surface area contributed by atoms with E-state index in [0.717, 1.165) is 4.90 Å². The first-order valence-corrected chi connectivity index (χ1v) is 9.66. The molecule has 2 aliphatic rings. The molecule has 0 aliphatic carbocycles. The van der Waals surface area contributed by atoms with Gasteiger partial charge in [0, 0.05) is 11.6 Å². The number of aromatic carboxylic acids is 1. The first-order chi connectivity index (χ1) is 15.9. The van der Waals surface area contributed by atoms with Crippen molar-refractivity contribution in [1.29, 1.82) is 0 Å². The number of amides is 4. The van der Waals surface area contributed by atoms with E-state index < -0.39 is 23.8 Å². The zero-order valence-corrected chi connectivity index (χ0v) is 16.7. The number of hydrogen-bond donors (Lipinski definition) is 2. The smallest absolute Gasteiger partial charge is 0.336 e. The number of benzene rings is 2. The van der Waals surface area contributed by atoms with Crippen molar-refractivity contribution in [3.05, 3.63) is 71.5 Å². The third-order valence-corrected chi connectivity index (χ3v) is 5.05. The molecule has 0 bridgehead atoms. The normalized spacial score (nSPS) is 16.3. The Morgan fingerprint density at radius 2 is 1.79 bits per heavy atom. The summed E-state index contributed by atoms with van der Waals surface area (Å²) < 4.78 is 16.2. The molecular formula is C23H14N2O8. The Balaban J connectivity index is 1.49. The Morgan fingerprint density at radius 1 is 1.00 bits per heavy atom. The molecule has 1 saturated heterocycles. The van der Waals surface area contributed by atoms with Gasteiger partial charge in [-0.05, 0) is 36.4 Å². The predicted molar refractivity (Wildman–Crippen MR) is 113 cm³/mol. The number of nitrogens with zero attached hydrogens (tertiary/aromatic N) is 1. The summed E-state index contributed by atoms with van der Waals surface area (Å²) in [5, 5.41) is 11.5. The fourth-order valence-corrected chi connectivity index (χ4v) is 3.52. The molecule has 0 atom stereocenters. The highest BCUT2D eigenvalue weighted by Crippen LogP contribution is 2.36. The van der Waals surface area contributed by atoms with Gasteiger partial charge >= 0.3 is 12.0 Å². The van der Waals surface area contributed by atoms with Crippen LogP contribution in [0, 0.1) is 0 Å². The number of carbonyl (C=O) groups excluding carboxylic acids is 3. The molecule has 3 heterocycles. The van der Waals surface area contributed by atoms with Gasteiger partial charge < -0.3 is 19.0 Å². The molecule has 10 nitrogen and oxygen atoms in total. The van der Waals surface area contributed by atoms with E-state index in [0.29, 0.717) is 17.1 Å². The third kappa shape index (κ3) is 3.49. The Labute approximate surface area is 185 Å². The second kappa shape index (κ2) is 7.68. The minimum Gasteiger partial charge on any atom is -0.478 e. The van der Waals surface area contributed by atoms with E-state index in [9.17, 15) is 24.3 Å². The molecule has 3 aromatic rings. The Kier molecular flexibility index (Phi) is 4.67. The summed E-state index contributed by atoms with van der Waals surface area (Å²) in [4.78, 5) is 50.1. The van der Waals surface area contributed by atoms with Crippen molar-refractivity contribution in [1.82, 2.24) is 5.32 Å². The quantitative estimate of drug-likeness (QED) is 0.461. The van der Waals surface area contributed by atoms with Gasteiger partial charge in [0.15, 0.2) is 11.5 Å². The van der Waals surface area contributed by atoms with Crippen LogP contribution in [-0.2, 0) is 9.59 Å². The average molecular weight is 446 g/mol. The summed E-state index contributed by atoms with van der Waals surface area (Å²) in [6.45, 7) is 0.0222. The van der Waals surface area contributed by atoms with Crippen LogP contribution in [0.2, 0.25) is 0 Å².